The van der Waals surface area contributed by atoms with Gasteiger partial charge in [0.25, 0.3) is 0 Å². The third-order valence-electron chi connectivity index (χ3n) is 3.31. The number of nitrogens with two attached hydrogens (primary N) is 1. The Morgan fingerprint density at radius 1 is 1.44 bits per heavy atom. The molecule has 0 aliphatic heterocycles. The van der Waals surface area contributed by atoms with Crippen molar-refractivity contribution < 1.29 is 0 Å². The van der Waals surface area contributed by atoms with Gasteiger partial charge in [-0.2, -0.15) is 0 Å². The summed E-state index contributed by atoms with van der Waals surface area (Å²) in [6.07, 6.45) is 6.74. The zero-order valence-corrected chi connectivity index (χ0v) is 11.0. The summed E-state index contributed by atoms with van der Waals surface area (Å²) in [5.74, 6) is 1.27. The highest BCUT2D eigenvalue weighted by atomic mass is 79.9. The summed E-state index contributed by atoms with van der Waals surface area (Å²) in [7, 11) is 0. The minimum atomic E-state index is 0.402. The van der Waals surface area contributed by atoms with E-state index in [1.807, 2.05) is 0 Å². The third-order valence-corrected chi connectivity index (χ3v) is 4.09. The Bertz CT molecular complexity index is 374. The van der Waals surface area contributed by atoms with Crippen molar-refractivity contribution in [3.63, 3.8) is 0 Å². The van der Waals surface area contributed by atoms with E-state index in [0.717, 1.165) is 16.8 Å². The van der Waals surface area contributed by atoms with E-state index in [1.165, 1.54) is 32.0 Å². The molecule has 4 nitrogen and oxygen atoms in total. The SMILES string of the molecule is CC1(CNc2ncnc(N)c2Br)CCCC1. The Morgan fingerprint density at radius 3 is 2.81 bits per heavy atom. The van der Waals surface area contributed by atoms with E-state index >= 15 is 0 Å². The number of nitrogen functional groups attached to an aromatic ring is 1. The maximum Gasteiger partial charge on any atom is 0.145 e. The lowest BCUT2D eigenvalue weighted by Crippen LogP contribution is -2.23. The second kappa shape index (κ2) is 4.57. The van der Waals surface area contributed by atoms with Crippen molar-refractivity contribution in [2.45, 2.75) is 32.6 Å². The van der Waals surface area contributed by atoms with E-state index in [0.29, 0.717) is 11.2 Å². The average molecular weight is 285 g/mol. The van der Waals surface area contributed by atoms with Gasteiger partial charge in [0, 0.05) is 6.54 Å². The molecule has 0 unspecified atom stereocenters. The van der Waals surface area contributed by atoms with Crippen LogP contribution in [0.5, 0.6) is 0 Å². The van der Waals surface area contributed by atoms with E-state index in [4.69, 9.17) is 5.73 Å². The monoisotopic (exact) mass is 284 g/mol. The Kier molecular flexibility index (Phi) is 3.33. The van der Waals surface area contributed by atoms with Crippen molar-refractivity contribution in [3.05, 3.63) is 10.8 Å². The molecular formula is C11H17BrN4. The molecule has 3 N–H and O–H groups in total. The Hall–Kier alpha value is -0.840. The van der Waals surface area contributed by atoms with Crippen LogP contribution in [0.25, 0.3) is 0 Å². The fourth-order valence-electron chi connectivity index (χ4n) is 2.21. The first kappa shape index (κ1) is 11.6. The van der Waals surface area contributed by atoms with Gasteiger partial charge in [0.2, 0.25) is 0 Å². The summed E-state index contributed by atoms with van der Waals surface area (Å²) in [5, 5.41) is 3.36. The highest BCUT2D eigenvalue weighted by Crippen LogP contribution is 2.37. The molecule has 1 aliphatic rings. The molecule has 1 fully saturated rings. The molecular weight excluding hydrogens is 268 g/mol. The van der Waals surface area contributed by atoms with Crippen LogP contribution in [-0.2, 0) is 0 Å². The van der Waals surface area contributed by atoms with Gasteiger partial charge < -0.3 is 11.1 Å². The highest BCUT2D eigenvalue weighted by Gasteiger charge is 2.28. The fourth-order valence-corrected chi connectivity index (χ4v) is 2.55. The topological polar surface area (TPSA) is 63.8 Å². The summed E-state index contributed by atoms with van der Waals surface area (Å²) in [6, 6.07) is 0. The maximum atomic E-state index is 5.70. The summed E-state index contributed by atoms with van der Waals surface area (Å²) in [5.41, 5.74) is 6.10. The van der Waals surface area contributed by atoms with Crippen LogP contribution >= 0.6 is 15.9 Å². The van der Waals surface area contributed by atoms with Gasteiger partial charge in [-0.3, -0.25) is 0 Å². The molecule has 0 amide bonds. The number of rotatable bonds is 3. The number of aromatic nitrogens is 2. The molecule has 1 heterocycles. The van der Waals surface area contributed by atoms with Crippen LogP contribution in [-0.4, -0.2) is 16.5 Å². The summed E-state index contributed by atoms with van der Waals surface area (Å²) >= 11 is 3.39. The lowest BCUT2D eigenvalue weighted by atomic mass is 9.89. The van der Waals surface area contributed by atoms with Crippen molar-refractivity contribution in [1.29, 1.82) is 0 Å². The van der Waals surface area contributed by atoms with Crippen molar-refractivity contribution in [2.24, 2.45) is 5.41 Å². The molecule has 1 aromatic rings. The maximum absolute atomic E-state index is 5.70. The van der Waals surface area contributed by atoms with Gasteiger partial charge in [-0.15, -0.1) is 0 Å². The fraction of sp³-hybridized carbons (Fsp3) is 0.636. The second-order valence-electron chi connectivity index (χ2n) is 4.79. The van der Waals surface area contributed by atoms with Gasteiger partial charge in [-0.25, -0.2) is 9.97 Å². The van der Waals surface area contributed by atoms with Crippen molar-refractivity contribution in [1.82, 2.24) is 9.97 Å². The Balaban J connectivity index is 2.02. The average Bonchev–Trinajstić information content (AvgIpc) is 2.68. The minimum absolute atomic E-state index is 0.402. The van der Waals surface area contributed by atoms with Crippen LogP contribution in [0.4, 0.5) is 11.6 Å². The molecule has 1 aromatic heterocycles. The van der Waals surface area contributed by atoms with E-state index in [-0.39, 0.29) is 0 Å². The lowest BCUT2D eigenvalue weighted by molar-refractivity contribution is 0.361. The smallest absolute Gasteiger partial charge is 0.145 e. The number of hydrogen-bond donors (Lipinski definition) is 2. The van der Waals surface area contributed by atoms with E-state index in [9.17, 15) is 0 Å². The number of halogens is 1. The molecule has 1 aliphatic carbocycles. The number of nitrogens with zero attached hydrogens (tertiary/aromatic N) is 2. The molecule has 16 heavy (non-hydrogen) atoms. The standard InChI is InChI=1S/C11H17BrN4/c1-11(4-2-3-5-11)6-14-10-8(12)9(13)15-7-16-10/h7H,2-6H2,1H3,(H3,13,14,15,16). The van der Waals surface area contributed by atoms with Crippen LogP contribution in [0, 0.1) is 5.41 Å². The Morgan fingerprint density at radius 2 is 2.12 bits per heavy atom. The first-order valence-electron chi connectivity index (χ1n) is 5.61. The molecule has 88 valence electrons. The van der Waals surface area contributed by atoms with Crippen LogP contribution in [0.15, 0.2) is 10.8 Å². The van der Waals surface area contributed by atoms with Crippen molar-refractivity contribution in [2.75, 3.05) is 17.6 Å². The first-order valence-corrected chi connectivity index (χ1v) is 6.40. The summed E-state index contributed by atoms with van der Waals surface area (Å²) < 4.78 is 0.761. The molecule has 0 radical (unpaired) electrons. The normalized spacial score (nSPS) is 18.6. The summed E-state index contributed by atoms with van der Waals surface area (Å²) in [4.78, 5) is 8.10. The predicted molar refractivity (Wildman–Crippen MR) is 69.2 cm³/mol. The molecule has 0 saturated heterocycles. The van der Waals surface area contributed by atoms with E-state index < -0.39 is 0 Å². The van der Waals surface area contributed by atoms with Gasteiger partial charge in [-0.1, -0.05) is 19.8 Å². The minimum Gasteiger partial charge on any atom is -0.383 e. The lowest BCUT2D eigenvalue weighted by Gasteiger charge is -2.24. The molecule has 2 rings (SSSR count). The molecule has 1 saturated carbocycles. The Labute approximate surface area is 104 Å². The van der Waals surface area contributed by atoms with Crippen LogP contribution < -0.4 is 11.1 Å². The van der Waals surface area contributed by atoms with Gasteiger partial charge in [0.1, 0.15) is 22.4 Å². The van der Waals surface area contributed by atoms with Crippen molar-refractivity contribution >= 4 is 27.6 Å². The summed E-state index contributed by atoms with van der Waals surface area (Å²) in [6.45, 7) is 3.27. The zero-order chi connectivity index (χ0) is 11.6. The first-order chi connectivity index (χ1) is 7.61. The quantitative estimate of drug-likeness (QED) is 0.896. The van der Waals surface area contributed by atoms with Gasteiger partial charge >= 0.3 is 0 Å². The molecule has 0 atom stereocenters. The third kappa shape index (κ3) is 2.45. The van der Waals surface area contributed by atoms with Crippen LogP contribution in [0.2, 0.25) is 0 Å². The molecule has 0 aromatic carbocycles. The van der Waals surface area contributed by atoms with Crippen molar-refractivity contribution in [3.8, 4) is 0 Å². The van der Waals surface area contributed by atoms with Gasteiger partial charge in [-0.05, 0) is 34.2 Å². The van der Waals surface area contributed by atoms with E-state index in [2.05, 4.69) is 38.1 Å². The number of hydrogen-bond acceptors (Lipinski definition) is 4. The number of anilines is 2. The predicted octanol–water partition coefficient (Wildman–Crippen LogP) is 2.81. The second-order valence-corrected chi connectivity index (χ2v) is 5.59. The number of nitrogens with one attached hydrogen (secondary N) is 1. The van der Waals surface area contributed by atoms with Crippen LogP contribution in [0.1, 0.15) is 32.6 Å². The van der Waals surface area contributed by atoms with Gasteiger partial charge in [0.15, 0.2) is 0 Å². The molecule has 0 bridgehead atoms. The highest BCUT2D eigenvalue weighted by molar-refractivity contribution is 9.10. The van der Waals surface area contributed by atoms with Gasteiger partial charge in [0.05, 0.1) is 0 Å². The largest absolute Gasteiger partial charge is 0.383 e. The molecule has 5 heteroatoms. The van der Waals surface area contributed by atoms with E-state index in [1.54, 1.807) is 0 Å². The van der Waals surface area contributed by atoms with Crippen LogP contribution in [0.3, 0.4) is 0 Å². The molecule has 0 spiro atoms. The zero-order valence-electron chi connectivity index (χ0n) is 9.46.